The van der Waals surface area contributed by atoms with Gasteiger partial charge in [0.05, 0.1) is 0 Å². The topological polar surface area (TPSA) is 37.3 Å². The van der Waals surface area contributed by atoms with E-state index < -0.39 is 95.8 Å². The summed E-state index contributed by atoms with van der Waals surface area (Å²) in [6.07, 6.45) is 0. The van der Waals surface area contributed by atoms with Crippen LogP contribution in [0.3, 0.4) is 0 Å². The van der Waals surface area contributed by atoms with Crippen LogP contribution in [0.25, 0.3) is 0 Å². The van der Waals surface area contributed by atoms with E-state index in [0.29, 0.717) is 0 Å². The van der Waals surface area contributed by atoms with Gasteiger partial charge in [-0.2, -0.15) is 123 Å². The van der Waals surface area contributed by atoms with Gasteiger partial charge in [-0.3, -0.25) is 0 Å². The maximum Gasteiger partial charge on any atom is 0.410 e. The molecule has 0 unspecified atom stereocenters. The fourth-order valence-electron chi connectivity index (χ4n) is 2.58. The largest absolute Gasteiger partial charge is 0.477 e. The van der Waals surface area contributed by atoms with Crippen molar-refractivity contribution in [1.29, 1.82) is 0 Å². The SMILES string of the molecule is CC(F)(F)C(F)(F)C(F)(F)C(F)(F)C(F)(F)C(F)(F)C(F)(F)C(F)(F)C(F)(F)C(F)(F)C(F)(F)C(F)(F)C(F)(F)C(F)(F)C(=O)O. The van der Waals surface area contributed by atoms with Crippen LogP contribution >= 0.6 is 0 Å². The lowest BCUT2D eigenvalue weighted by molar-refractivity contribution is -0.484. The molecule has 0 heterocycles. The third-order valence-electron chi connectivity index (χ3n) is 5.55. The lowest BCUT2D eigenvalue weighted by Gasteiger charge is -2.46. The minimum Gasteiger partial charge on any atom is -0.477 e. The van der Waals surface area contributed by atoms with E-state index in [-0.39, 0.29) is 0 Å². The van der Waals surface area contributed by atoms with Gasteiger partial charge in [0, 0.05) is 6.92 Å². The molecule has 0 saturated heterocycles. The number of rotatable bonds is 14. The molecule has 0 aliphatic carbocycles. The van der Waals surface area contributed by atoms with E-state index in [9.17, 15) is 128 Å². The van der Waals surface area contributed by atoms with Crippen LogP contribution in [0, 0.1) is 0 Å². The van der Waals surface area contributed by atoms with Gasteiger partial charge in [-0.05, 0) is 0 Å². The molecule has 46 heavy (non-hydrogen) atoms. The van der Waals surface area contributed by atoms with E-state index in [4.69, 9.17) is 5.11 Å². The van der Waals surface area contributed by atoms with Crippen molar-refractivity contribution < 1.29 is 133 Å². The molecule has 1 N–H and O–H groups in total. The molecule has 0 fully saturated rings. The Kier molecular flexibility index (Phi) is 9.70. The number of carbonyl (C=O) groups is 1. The van der Waals surface area contributed by atoms with Crippen LogP contribution < -0.4 is 0 Å². The summed E-state index contributed by atoms with van der Waals surface area (Å²) >= 11 is 0. The third kappa shape index (κ3) is 4.69. The van der Waals surface area contributed by atoms with E-state index in [1.165, 1.54) is 0 Å². The van der Waals surface area contributed by atoms with E-state index in [1.54, 1.807) is 0 Å². The molecule has 0 atom stereocenters. The third-order valence-corrected chi connectivity index (χ3v) is 5.55. The Bertz CT molecular complexity index is 1160. The highest BCUT2D eigenvalue weighted by atomic mass is 19.4. The minimum absolute atomic E-state index is 1.61. The fraction of sp³-hybridized carbons (Fsp3) is 0.938. The number of halogens is 28. The molecular formula is C16H4F28O2. The molecule has 0 radical (unpaired) electrons. The molecule has 30 heteroatoms. The standard InChI is InChI=1S/C16H4F28O2/c1-3(17,18)5(21,22)7(25,26)9(29,30)11(33,34)13(37,38)15(41,42)16(43,44)14(39,40)12(35,36)10(31,32)8(27,28)6(23,24)4(19,20)2(45)46/h1H3,(H,45,46). The van der Waals surface area contributed by atoms with Crippen molar-refractivity contribution >= 4 is 5.97 Å². The second kappa shape index (κ2) is 10.3. The van der Waals surface area contributed by atoms with E-state index in [0.717, 1.165) is 0 Å². The van der Waals surface area contributed by atoms with Gasteiger partial charge in [0.25, 0.3) is 0 Å². The molecule has 0 aromatic rings. The lowest BCUT2D eigenvalue weighted by Crippen LogP contribution is -2.79. The molecule has 0 aliphatic rings. The second-order valence-corrected chi connectivity index (χ2v) is 8.66. The van der Waals surface area contributed by atoms with Gasteiger partial charge in [0.2, 0.25) is 0 Å². The number of alkyl halides is 28. The average Bonchev–Trinajstić information content (AvgIpc) is 2.81. The summed E-state index contributed by atoms with van der Waals surface area (Å²) in [6, 6.07) is 0. The summed E-state index contributed by atoms with van der Waals surface area (Å²) in [5.41, 5.74) is 0. The van der Waals surface area contributed by atoms with Crippen LogP contribution in [0.4, 0.5) is 123 Å². The Morgan fingerprint density at radius 2 is 0.435 bits per heavy atom. The summed E-state index contributed by atoms with van der Waals surface area (Å²) in [5.74, 6) is -132. The zero-order valence-electron chi connectivity index (χ0n) is 19.9. The number of aliphatic carboxylic acids is 1. The molecule has 0 bridgehead atoms. The molecule has 0 spiro atoms. The van der Waals surface area contributed by atoms with Gasteiger partial charge in [-0.25, -0.2) is 4.79 Å². The van der Waals surface area contributed by atoms with E-state index in [2.05, 4.69) is 0 Å². The Labute approximate surface area is 230 Å². The average molecular weight is 760 g/mol. The lowest BCUT2D eigenvalue weighted by atomic mass is 9.83. The Morgan fingerprint density at radius 1 is 0.304 bits per heavy atom. The number of hydrogen-bond donors (Lipinski definition) is 1. The summed E-state index contributed by atoms with van der Waals surface area (Å²) in [7, 11) is 0. The van der Waals surface area contributed by atoms with Crippen molar-refractivity contribution in [3.63, 3.8) is 0 Å². The van der Waals surface area contributed by atoms with Crippen LogP contribution in [-0.4, -0.2) is 94.0 Å². The molecular weight excluding hydrogens is 756 g/mol. The fourth-order valence-corrected chi connectivity index (χ4v) is 2.58. The number of carboxylic acids is 1. The Morgan fingerprint density at radius 3 is 0.565 bits per heavy atom. The summed E-state index contributed by atoms with van der Waals surface area (Å²) in [6.45, 7) is -1.61. The molecule has 0 saturated carbocycles. The first kappa shape index (κ1) is 43.5. The summed E-state index contributed by atoms with van der Waals surface area (Å²) in [4.78, 5) is 9.93. The number of hydrogen-bond acceptors (Lipinski definition) is 1. The maximum absolute atomic E-state index is 13.7. The van der Waals surface area contributed by atoms with Crippen molar-refractivity contribution in [1.82, 2.24) is 0 Å². The van der Waals surface area contributed by atoms with Crippen molar-refractivity contribution in [3.8, 4) is 0 Å². The van der Waals surface area contributed by atoms with Crippen LogP contribution in [0.15, 0.2) is 0 Å². The Balaban J connectivity index is 7.59. The smallest absolute Gasteiger partial charge is 0.410 e. The predicted molar refractivity (Wildman–Crippen MR) is 82.6 cm³/mol. The molecule has 0 aromatic heterocycles. The first-order valence-corrected chi connectivity index (χ1v) is 9.72. The van der Waals surface area contributed by atoms with Crippen LogP contribution in [0.5, 0.6) is 0 Å². The predicted octanol–water partition coefficient (Wildman–Crippen LogP) is 8.99. The van der Waals surface area contributed by atoms with Crippen LogP contribution in [0.1, 0.15) is 6.92 Å². The minimum atomic E-state index is -9.93. The first-order valence-electron chi connectivity index (χ1n) is 9.72. The van der Waals surface area contributed by atoms with Gasteiger partial charge in [0.15, 0.2) is 0 Å². The highest BCUT2D eigenvalue weighted by Crippen LogP contribution is 2.68. The van der Waals surface area contributed by atoms with Crippen molar-refractivity contribution in [2.24, 2.45) is 0 Å². The van der Waals surface area contributed by atoms with Crippen LogP contribution in [-0.2, 0) is 4.79 Å². The van der Waals surface area contributed by atoms with Gasteiger partial charge in [-0.15, -0.1) is 0 Å². The second-order valence-electron chi connectivity index (χ2n) is 8.66. The first-order chi connectivity index (χ1) is 19.2. The van der Waals surface area contributed by atoms with Gasteiger partial charge in [-0.1, -0.05) is 0 Å². The summed E-state index contributed by atoms with van der Waals surface area (Å²) in [5, 5.41) is 7.67. The van der Waals surface area contributed by atoms with Crippen molar-refractivity contribution in [2.75, 3.05) is 0 Å². The normalized spacial score (nSPS) is 17.0. The van der Waals surface area contributed by atoms with E-state index >= 15 is 0 Å². The van der Waals surface area contributed by atoms with Gasteiger partial charge in [0.1, 0.15) is 0 Å². The molecule has 2 nitrogen and oxygen atoms in total. The van der Waals surface area contributed by atoms with Gasteiger partial charge < -0.3 is 5.11 Å². The highest BCUT2D eigenvalue weighted by molar-refractivity contribution is 5.77. The monoisotopic (exact) mass is 760 g/mol. The van der Waals surface area contributed by atoms with Crippen molar-refractivity contribution in [3.05, 3.63) is 0 Å². The quantitative estimate of drug-likeness (QED) is 0.180. The maximum atomic E-state index is 13.7. The van der Waals surface area contributed by atoms with Crippen molar-refractivity contribution in [2.45, 2.75) is 89.8 Å². The zero-order chi connectivity index (χ0) is 38.6. The summed E-state index contributed by atoms with van der Waals surface area (Å²) < 4.78 is 375. The molecule has 0 aromatic carbocycles. The van der Waals surface area contributed by atoms with E-state index in [1.807, 2.05) is 0 Å². The van der Waals surface area contributed by atoms with Crippen LogP contribution in [0.2, 0.25) is 0 Å². The highest BCUT2D eigenvalue weighted by Gasteiger charge is 3.00. The Hall–Kier alpha value is -2.49. The number of carboxylic acid groups (broad SMARTS) is 1. The molecule has 276 valence electrons. The zero-order valence-corrected chi connectivity index (χ0v) is 19.9. The molecule has 0 amide bonds. The molecule has 0 rings (SSSR count). The van der Waals surface area contributed by atoms with Gasteiger partial charge >= 0.3 is 88.9 Å². The molecule has 0 aliphatic heterocycles.